The molecule has 0 fully saturated rings. The standard InChI is InChI=1S/C19H20ClN5/c1-13-4-3-5-14(2)18(13)23-17-12-22-25-19(24-17)21-11-10-15-6-8-16(20)9-7-15/h3-9,12H,10-11H2,1-2H3,(H2,21,23,24,25). The van der Waals surface area contributed by atoms with Crippen LogP contribution in [0, 0.1) is 13.8 Å². The molecular weight excluding hydrogens is 334 g/mol. The highest BCUT2D eigenvalue weighted by atomic mass is 35.5. The van der Waals surface area contributed by atoms with Crippen molar-refractivity contribution in [2.45, 2.75) is 20.3 Å². The molecule has 0 saturated carbocycles. The number of benzene rings is 2. The van der Waals surface area contributed by atoms with Crippen molar-refractivity contribution in [2.24, 2.45) is 0 Å². The van der Waals surface area contributed by atoms with Crippen molar-refractivity contribution in [3.63, 3.8) is 0 Å². The first-order valence-corrected chi connectivity index (χ1v) is 8.51. The van der Waals surface area contributed by atoms with Gasteiger partial charge >= 0.3 is 0 Å². The zero-order valence-electron chi connectivity index (χ0n) is 14.3. The number of anilines is 3. The van der Waals surface area contributed by atoms with E-state index in [-0.39, 0.29) is 0 Å². The van der Waals surface area contributed by atoms with Crippen LogP contribution in [0.4, 0.5) is 17.5 Å². The molecule has 0 radical (unpaired) electrons. The highest BCUT2D eigenvalue weighted by molar-refractivity contribution is 6.30. The normalized spacial score (nSPS) is 10.5. The Hall–Kier alpha value is -2.66. The molecule has 128 valence electrons. The van der Waals surface area contributed by atoms with Crippen molar-refractivity contribution in [3.05, 3.63) is 70.4 Å². The second-order valence-corrected chi connectivity index (χ2v) is 6.30. The van der Waals surface area contributed by atoms with E-state index in [1.54, 1.807) is 6.20 Å². The number of para-hydroxylation sites is 1. The summed E-state index contributed by atoms with van der Waals surface area (Å²) in [4.78, 5) is 4.48. The summed E-state index contributed by atoms with van der Waals surface area (Å²) in [5, 5.41) is 15.3. The van der Waals surface area contributed by atoms with Gasteiger partial charge in [0.25, 0.3) is 0 Å². The molecule has 0 saturated heterocycles. The Labute approximate surface area is 152 Å². The number of nitrogens with one attached hydrogen (secondary N) is 2. The fourth-order valence-corrected chi connectivity index (χ4v) is 2.67. The Morgan fingerprint density at radius 1 is 1.00 bits per heavy atom. The Morgan fingerprint density at radius 2 is 1.72 bits per heavy atom. The molecule has 1 aromatic heterocycles. The van der Waals surface area contributed by atoms with E-state index in [2.05, 4.69) is 51.8 Å². The van der Waals surface area contributed by atoms with Crippen molar-refractivity contribution in [3.8, 4) is 0 Å². The summed E-state index contributed by atoms with van der Waals surface area (Å²) in [6.07, 6.45) is 2.48. The van der Waals surface area contributed by atoms with E-state index in [1.165, 1.54) is 5.56 Å². The van der Waals surface area contributed by atoms with Crippen molar-refractivity contribution >= 4 is 29.1 Å². The molecule has 0 atom stereocenters. The van der Waals surface area contributed by atoms with E-state index < -0.39 is 0 Å². The van der Waals surface area contributed by atoms with Crippen LogP contribution in [-0.4, -0.2) is 21.7 Å². The Morgan fingerprint density at radius 3 is 2.44 bits per heavy atom. The van der Waals surface area contributed by atoms with E-state index in [0.29, 0.717) is 11.8 Å². The summed E-state index contributed by atoms with van der Waals surface area (Å²) in [5.41, 5.74) is 4.58. The van der Waals surface area contributed by atoms with E-state index in [0.717, 1.165) is 34.8 Å². The fraction of sp³-hybridized carbons (Fsp3) is 0.211. The van der Waals surface area contributed by atoms with Crippen LogP contribution in [0.2, 0.25) is 5.02 Å². The molecule has 2 aromatic carbocycles. The lowest BCUT2D eigenvalue weighted by molar-refractivity contribution is 0.928. The zero-order chi connectivity index (χ0) is 17.6. The fourth-order valence-electron chi connectivity index (χ4n) is 2.55. The van der Waals surface area contributed by atoms with E-state index in [4.69, 9.17) is 11.6 Å². The van der Waals surface area contributed by atoms with Crippen molar-refractivity contribution < 1.29 is 0 Å². The minimum absolute atomic E-state index is 0.505. The quantitative estimate of drug-likeness (QED) is 0.681. The maximum absolute atomic E-state index is 5.90. The van der Waals surface area contributed by atoms with Gasteiger partial charge in [-0.2, -0.15) is 10.1 Å². The molecule has 0 bridgehead atoms. The van der Waals surface area contributed by atoms with Crippen LogP contribution in [0.15, 0.2) is 48.7 Å². The second-order valence-electron chi connectivity index (χ2n) is 5.86. The molecule has 3 rings (SSSR count). The summed E-state index contributed by atoms with van der Waals surface area (Å²) in [7, 11) is 0. The second kappa shape index (κ2) is 7.94. The lowest BCUT2D eigenvalue weighted by Crippen LogP contribution is -2.10. The lowest BCUT2D eigenvalue weighted by Gasteiger charge is -2.12. The minimum Gasteiger partial charge on any atom is -0.353 e. The van der Waals surface area contributed by atoms with Gasteiger partial charge in [0.1, 0.15) is 0 Å². The highest BCUT2D eigenvalue weighted by Crippen LogP contribution is 2.23. The largest absolute Gasteiger partial charge is 0.353 e. The van der Waals surface area contributed by atoms with E-state index in [9.17, 15) is 0 Å². The lowest BCUT2D eigenvalue weighted by atomic mass is 10.1. The van der Waals surface area contributed by atoms with E-state index >= 15 is 0 Å². The maximum Gasteiger partial charge on any atom is 0.244 e. The number of hydrogen-bond donors (Lipinski definition) is 2. The van der Waals surface area contributed by atoms with Gasteiger partial charge in [0.15, 0.2) is 5.82 Å². The van der Waals surface area contributed by atoms with Gasteiger partial charge in [-0.05, 0) is 49.1 Å². The third kappa shape index (κ3) is 4.67. The third-order valence-corrected chi connectivity index (χ3v) is 4.16. The van der Waals surface area contributed by atoms with Gasteiger partial charge in [0.2, 0.25) is 5.95 Å². The first-order valence-electron chi connectivity index (χ1n) is 8.13. The smallest absolute Gasteiger partial charge is 0.244 e. The predicted molar refractivity (Wildman–Crippen MR) is 103 cm³/mol. The highest BCUT2D eigenvalue weighted by Gasteiger charge is 2.05. The molecule has 0 aliphatic carbocycles. The summed E-state index contributed by atoms with van der Waals surface area (Å²) in [6, 6.07) is 14.0. The van der Waals surface area contributed by atoms with Crippen LogP contribution in [0.3, 0.4) is 0 Å². The zero-order valence-corrected chi connectivity index (χ0v) is 15.0. The summed E-state index contributed by atoms with van der Waals surface area (Å²) in [5.74, 6) is 1.17. The summed E-state index contributed by atoms with van der Waals surface area (Å²) < 4.78 is 0. The molecule has 6 heteroatoms. The molecule has 0 aliphatic heterocycles. The van der Waals surface area contributed by atoms with Crippen LogP contribution >= 0.6 is 11.6 Å². The van der Waals surface area contributed by atoms with Crippen molar-refractivity contribution in [1.29, 1.82) is 0 Å². The number of nitrogens with zero attached hydrogens (tertiary/aromatic N) is 3. The molecule has 0 aliphatic rings. The molecule has 25 heavy (non-hydrogen) atoms. The van der Waals surface area contributed by atoms with Crippen LogP contribution in [0.25, 0.3) is 0 Å². The number of aromatic nitrogens is 3. The van der Waals surface area contributed by atoms with Gasteiger partial charge in [-0.1, -0.05) is 41.9 Å². The van der Waals surface area contributed by atoms with Crippen molar-refractivity contribution in [2.75, 3.05) is 17.2 Å². The number of aryl methyl sites for hydroxylation is 2. The third-order valence-electron chi connectivity index (χ3n) is 3.90. The van der Waals surface area contributed by atoms with Gasteiger partial charge in [-0.25, -0.2) is 0 Å². The van der Waals surface area contributed by atoms with Crippen molar-refractivity contribution in [1.82, 2.24) is 15.2 Å². The van der Waals surface area contributed by atoms with Crippen LogP contribution in [-0.2, 0) is 6.42 Å². The first kappa shape index (κ1) is 17.2. The predicted octanol–water partition coefficient (Wildman–Crippen LogP) is 4.54. The van der Waals surface area contributed by atoms with Crippen LogP contribution in [0.1, 0.15) is 16.7 Å². The summed E-state index contributed by atoms with van der Waals surface area (Å²) >= 11 is 5.90. The maximum atomic E-state index is 5.90. The molecular formula is C19H20ClN5. The van der Waals surface area contributed by atoms with Gasteiger partial charge in [0.05, 0.1) is 6.20 Å². The van der Waals surface area contributed by atoms with Gasteiger partial charge in [0, 0.05) is 17.3 Å². The van der Waals surface area contributed by atoms with Gasteiger partial charge in [-0.15, -0.1) is 5.10 Å². The molecule has 1 heterocycles. The Kier molecular flexibility index (Phi) is 5.46. The van der Waals surface area contributed by atoms with Crippen LogP contribution in [0.5, 0.6) is 0 Å². The van der Waals surface area contributed by atoms with E-state index in [1.807, 2.05) is 30.3 Å². The monoisotopic (exact) mass is 353 g/mol. The Balaban J connectivity index is 1.62. The average molecular weight is 354 g/mol. The van der Waals surface area contributed by atoms with Gasteiger partial charge in [-0.3, -0.25) is 0 Å². The first-order chi connectivity index (χ1) is 12.1. The topological polar surface area (TPSA) is 62.7 Å². The number of halogens is 1. The molecule has 2 N–H and O–H groups in total. The number of rotatable bonds is 6. The minimum atomic E-state index is 0.505. The number of hydrogen-bond acceptors (Lipinski definition) is 5. The molecule has 3 aromatic rings. The SMILES string of the molecule is Cc1cccc(C)c1Nc1cnnc(NCCc2ccc(Cl)cc2)n1. The average Bonchev–Trinajstić information content (AvgIpc) is 2.60. The van der Waals surface area contributed by atoms with Crippen LogP contribution < -0.4 is 10.6 Å². The molecule has 0 spiro atoms. The van der Waals surface area contributed by atoms with Gasteiger partial charge < -0.3 is 10.6 Å². The Bertz CT molecular complexity index is 828. The molecule has 0 unspecified atom stereocenters. The molecule has 5 nitrogen and oxygen atoms in total. The summed E-state index contributed by atoms with van der Waals surface area (Å²) in [6.45, 7) is 4.85. The molecule has 0 amide bonds.